The number of azo groups is 1. The molecule has 0 N–H and O–H groups in total. The van der Waals surface area contributed by atoms with Gasteiger partial charge in [-0.25, -0.2) is 0 Å². The Hall–Kier alpha value is -3.66. The SMILES string of the molecule is c1ccc(C(/N=N/c2cccnn2)(c2ccccc2)c2ccccc2)cc1. The normalized spacial score (nSPS) is 11.6. The lowest BCUT2D eigenvalue weighted by molar-refractivity contribution is 0.616. The van der Waals surface area contributed by atoms with Crippen molar-refractivity contribution in [3.05, 3.63) is 126 Å². The van der Waals surface area contributed by atoms with Crippen LogP contribution in [-0.4, -0.2) is 10.2 Å². The van der Waals surface area contributed by atoms with Gasteiger partial charge in [-0.3, -0.25) is 0 Å². The molecule has 0 bridgehead atoms. The second-order valence-corrected chi connectivity index (χ2v) is 6.09. The summed E-state index contributed by atoms with van der Waals surface area (Å²) in [7, 11) is 0. The van der Waals surface area contributed by atoms with E-state index >= 15 is 0 Å². The van der Waals surface area contributed by atoms with E-state index in [1.54, 1.807) is 18.3 Å². The van der Waals surface area contributed by atoms with Crippen molar-refractivity contribution in [2.24, 2.45) is 10.2 Å². The van der Waals surface area contributed by atoms with Gasteiger partial charge in [0, 0.05) is 6.20 Å². The molecule has 130 valence electrons. The summed E-state index contributed by atoms with van der Waals surface area (Å²) in [5, 5.41) is 17.3. The molecular weight excluding hydrogens is 332 g/mol. The molecule has 0 fully saturated rings. The summed E-state index contributed by atoms with van der Waals surface area (Å²) in [6.07, 6.45) is 1.62. The Morgan fingerprint density at radius 3 is 1.44 bits per heavy atom. The highest BCUT2D eigenvalue weighted by Crippen LogP contribution is 2.41. The van der Waals surface area contributed by atoms with Gasteiger partial charge in [-0.1, -0.05) is 91.0 Å². The third-order valence-electron chi connectivity index (χ3n) is 4.44. The molecule has 4 heteroatoms. The molecule has 27 heavy (non-hydrogen) atoms. The molecule has 1 aromatic heterocycles. The summed E-state index contributed by atoms with van der Waals surface area (Å²) in [5.41, 5.74) is 2.33. The van der Waals surface area contributed by atoms with E-state index < -0.39 is 5.54 Å². The van der Waals surface area contributed by atoms with Gasteiger partial charge in [0.05, 0.1) is 0 Å². The molecule has 0 saturated carbocycles. The first-order valence-corrected chi connectivity index (χ1v) is 8.77. The van der Waals surface area contributed by atoms with E-state index in [9.17, 15) is 0 Å². The molecule has 1 heterocycles. The zero-order chi connectivity index (χ0) is 18.4. The van der Waals surface area contributed by atoms with Crippen molar-refractivity contribution >= 4 is 5.82 Å². The predicted molar refractivity (Wildman–Crippen MR) is 106 cm³/mol. The zero-order valence-corrected chi connectivity index (χ0v) is 14.7. The minimum absolute atomic E-state index is 0.477. The average Bonchev–Trinajstić information content (AvgIpc) is 2.77. The quantitative estimate of drug-likeness (QED) is 0.350. The first-order chi connectivity index (χ1) is 13.4. The van der Waals surface area contributed by atoms with Crippen molar-refractivity contribution in [3.63, 3.8) is 0 Å². The summed E-state index contributed by atoms with van der Waals surface area (Å²) >= 11 is 0. The van der Waals surface area contributed by atoms with Crippen LogP contribution in [0.5, 0.6) is 0 Å². The number of nitrogens with zero attached hydrogens (tertiary/aromatic N) is 4. The van der Waals surface area contributed by atoms with Crippen LogP contribution in [-0.2, 0) is 5.54 Å². The maximum absolute atomic E-state index is 4.86. The van der Waals surface area contributed by atoms with E-state index in [1.807, 2.05) is 54.6 Å². The maximum atomic E-state index is 4.86. The van der Waals surface area contributed by atoms with Crippen LogP contribution in [0.15, 0.2) is 120 Å². The number of benzene rings is 3. The molecule has 0 aliphatic heterocycles. The molecular formula is C23H18N4. The zero-order valence-electron chi connectivity index (χ0n) is 14.7. The van der Waals surface area contributed by atoms with E-state index in [1.165, 1.54) is 0 Å². The topological polar surface area (TPSA) is 50.5 Å². The number of hydrogen-bond donors (Lipinski definition) is 0. The molecule has 0 aliphatic rings. The Morgan fingerprint density at radius 1 is 0.556 bits per heavy atom. The second-order valence-electron chi connectivity index (χ2n) is 6.09. The molecule has 0 radical (unpaired) electrons. The van der Waals surface area contributed by atoms with Crippen LogP contribution in [0.25, 0.3) is 0 Å². The van der Waals surface area contributed by atoms with Crippen LogP contribution in [0.2, 0.25) is 0 Å². The Kier molecular flexibility index (Phi) is 4.79. The van der Waals surface area contributed by atoms with Crippen molar-refractivity contribution < 1.29 is 0 Å². The van der Waals surface area contributed by atoms with E-state index in [-0.39, 0.29) is 0 Å². The van der Waals surface area contributed by atoms with Gasteiger partial charge >= 0.3 is 0 Å². The molecule has 0 aliphatic carbocycles. The van der Waals surface area contributed by atoms with Gasteiger partial charge in [0.2, 0.25) is 0 Å². The molecule has 4 rings (SSSR count). The molecule has 0 spiro atoms. The fourth-order valence-electron chi connectivity index (χ4n) is 3.18. The lowest BCUT2D eigenvalue weighted by Crippen LogP contribution is -2.26. The van der Waals surface area contributed by atoms with Crippen molar-refractivity contribution in [1.29, 1.82) is 0 Å². The van der Waals surface area contributed by atoms with Gasteiger partial charge in [0.1, 0.15) is 0 Å². The van der Waals surface area contributed by atoms with E-state index in [4.69, 9.17) is 5.11 Å². The monoisotopic (exact) mass is 350 g/mol. The van der Waals surface area contributed by atoms with Gasteiger partial charge in [0.15, 0.2) is 11.4 Å². The highest BCUT2D eigenvalue weighted by molar-refractivity contribution is 5.49. The Labute approximate surface area is 158 Å². The molecule has 0 amide bonds. The Morgan fingerprint density at radius 2 is 1.04 bits per heavy atom. The summed E-state index contributed by atoms with van der Waals surface area (Å²) in [5.74, 6) is 0.477. The van der Waals surface area contributed by atoms with Crippen LogP contribution in [0.4, 0.5) is 5.82 Å². The third kappa shape index (κ3) is 3.37. The summed E-state index contributed by atoms with van der Waals surface area (Å²) in [6.45, 7) is 0. The van der Waals surface area contributed by atoms with Gasteiger partial charge in [-0.15, -0.1) is 10.2 Å². The van der Waals surface area contributed by atoms with Crippen LogP contribution < -0.4 is 0 Å². The summed E-state index contributed by atoms with van der Waals surface area (Å²) in [4.78, 5) is 0. The van der Waals surface area contributed by atoms with Crippen molar-refractivity contribution in [3.8, 4) is 0 Å². The first kappa shape index (κ1) is 16.8. The number of aromatic nitrogens is 2. The fourth-order valence-corrected chi connectivity index (χ4v) is 3.18. The average molecular weight is 350 g/mol. The van der Waals surface area contributed by atoms with Crippen LogP contribution in [0.3, 0.4) is 0 Å². The maximum Gasteiger partial charge on any atom is 0.195 e. The van der Waals surface area contributed by atoms with Gasteiger partial charge in [-0.05, 0) is 28.8 Å². The number of hydrogen-bond acceptors (Lipinski definition) is 4. The van der Waals surface area contributed by atoms with Crippen molar-refractivity contribution in [1.82, 2.24) is 10.2 Å². The number of rotatable bonds is 5. The molecule has 4 aromatic rings. The van der Waals surface area contributed by atoms with E-state index in [0.717, 1.165) is 16.7 Å². The second kappa shape index (κ2) is 7.70. The minimum Gasteiger partial charge on any atom is -0.166 e. The summed E-state index contributed by atoms with van der Waals surface area (Å²) < 4.78 is 0. The molecule has 0 atom stereocenters. The highest BCUT2D eigenvalue weighted by Gasteiger charge is 2.36. The lowest BCUT2D eigenvalue weighted by atomic mass is 9.78. The van der Waals surface area contributed by atoms with E-state index in [2.05, 4.69) is 51.7 Å². The smallest absolute Gasteiger partial charge is 0.166 e. The lowest BCUT2D eigenvalue weighted by Gasteiger charge is -2.30. The fraction of sp³-hybridized carbons (Fsp3) is 0.0435. The van der Waals surface area contributed by atoms with Crippen LogP contribution in [0.1, 0.15) is 16.7 Å². The predicted octanol–water partition coefficient (Wildman–Crippen LogP) is 5.55. The third-order valence-corrected chi connectivity index (χ3v) is 4.44. The first-order valence-electron chi connectivity index (χ1n) is 8.77. The van der Waals surface area contributed by atoms with E-state index in [0.29, 0.717) is 5.82 Å². The largest absolute Gasteiger partial charge is 0.195 e. The van der Waals surface area contributed by atoms with Crippen molar-refractivity contribution in [2.75, 3.05) is 0 Å². The summed E-state index contributed by atoms with van der Waals surface area (Å²) in [6, 6.07) is 34.2. The molecule has 3 aromatic carbocycles. The standard InChI is InChI=1S/C23H18N4/c1-4-11-19(12-5-1)23(20-13-6-2-7-14-20,21-15-8-3-9-16-21)27-26-22-17-10-18-24-25-22/h1-18H/b27-26+. The van der Waals surface area contributed by atoms with Gasteiger partial charge < -0.3 is 0 Å². The van der Waals surface area contributed by atoms with Crippen LogP contribution >= 0.6 is 0 Å². The molecule has 0 saturated heterocycles. The van der Waals surface area contributed by atoms with Gasteiger partial charge in [0.25, 0.3) is 0 Å². The molecule has 4 nitrogen and oxygen atoms in total. The Bertz CT molecular complexity index is 905. The van der Waals surface area contributed by atoms with Gasteiger partial charge in [-0.2, -0.15) is 10.2 Å². The molecule has 0 unspecified atom stereocenters. The Balaban J connectivity index is 1.99. The minimum atomic E-state index is -0.776. The van der Waals surface area contributed by atoms with Crippen molar-refractivity contribution in [2.45, 2.75) is 5.54 Å². The van der Waals surface area contributed by atoms with Crippen LogP contribution in [0, 0.1) is 0 Å². The highest BCUT2D eigenvalue weighted by atomic mass is 15.2.